The summed E-state index contributed by atoms with van der Waals surface area (Å²) in [7, 11) is 2.05. The molecule has 0 unspecified atom stereocenters. The summed E-state index contributed by atoms with van der Waals surface area (Å²) in [6.07, 6.45) is 4.34. The zero-order valence-electron chi connectivity index (χ0n) is 8.90. The predicted molar refractivity (Wildman–Crippen MR) is 61.2 cm³/mol. The molecule has 0 aliphatic heterocycles. The molecule has 1 aliphatic carbocycles. The molecule has 15 heavy (non-hydrogen) atoms. The number of amidine groups is 1. The number of hydrogen-bond donors (Lipinski definition) is 2. The molecule has 1 aliphatic rings. The normalized spacial score (nSPS) is 15.0. The topological polar surface area (TPSA) is 66.0 Å². The van der Waals surface area contributed by atoms with Crippen LogP contribution in [0.3, 0.4) is 0 Å². The van der Waals surface area contributed by atoms with E-state index in [0.717, 1.165) is 18.3 Å². The van der Waals surface area contributed by atoms with Crippen LogP contribution in [-0.4, -0.2) is 24.4 Å². The first-order valence-corrected chi connectivity index (χ1v) is 5.18. The van der Waals surface area contributed by atoms with E-state index >= 15 is 0 Å². The number of nitrogen functional groups attached to an aromatic ring is 1. The van der Waals surface area contributed by atoms with E-state index in [-0.39, 0.29) is 5.84 Å². The van der Waals surface area contributed by atoms with Crippen LogP contribution in [0.25, 0.3) is 0 Å². The molecule has 4 nitrogen and oxygen atoms in total. The maximum atomic E-state index is 7.26. The van der Waals surface area contributed by atoms with Crippen LogP contribution in [-0.2, 0) is 0 Å². The molecule has 0 saturated heterocycles. The van der Waals surface area contributed by atoms with Crippen molar-refractivity contribution in [2.75, 3.05) is 18.5 Å². The molecule has 0 atom stereocenters. The Morgan fingerprint density at radius 3 is 2.80 bits per heavy atom. The van der Waals surface area contributed by atoms with E-state index < -0.39 is 0 Å². The molecule has 1 fully saturated rings. The van der Waals surface area contributed by atoms with Crippen LogP contribution in [0.1, 0.15) is 18.4 Å². The average Bonchev–Trinajstić information content (AvgIpc) is 3.02. The highest BCUT2D eigenvalue weighted by atomic mass is 15.2. The first-order valence-electron chi connectivity index (χ1n) is 5.18. The van der Waals surface area contributed by atoms with E-state index in [2.05, 4.69) is 9.88 Å². The van der Waals surface area contributed by atoms with Gasteiger partial charge < -0.3 is 10.6 Å². The summed E-state index contributed by atoms with van der Waals surface area (Å²) in [6, 6.07) is 3.76. The van der Waals surface area contributed by atoms with Gasteiger partial charge in [0.05, 0.1) is 0 Å². The number of rotatable bonds is 4. The van der Waals surface area contributed by atoms with Gasteiger partial charge in [-0.15, -0.1) is 0 Å². The van der Waals surface area contributed by atoms with Crippen molar-refractivity contribution < 1.29 is 0 Å². The van der Waals surface area contributed by atoms with E-state index in [1.807, 2.05) is 19.2 Å². The van der Waals surface area contributed by atoms with Crippen LogP contribution >= 0.6 is 0 Å². The van der Waals surface area contributed by atoms with Gasteiger partial charge in [-0.3, -0.25) is 5.41 Å². The summed E-state index contributed by atoms with van der Waals surface area (Å²) < 4.78 is 0. The minimum absolute atomic E-state index is 0.0684. The molecule has 0 amide bonds. The van der Waals surface area contributed by atoms with Crippen LogP contribution in [0.2, 0.25) is 0 Å². The fourth-order valence-corrected chi connectivity index (χ4v) is 1.55. The second-order valence-electron chi connectivity index (χ2n) is 4.14. The molecule has 1 heterocycles. The Hall–Kier alpha value is -1.58. The van der Waals surface area contributed by atoms with E-state index in [1.54, 1.807) is 6.20 Å². The second kappa shape index (κ2) is 3.88. The number of nitrogens with two attached hydrogens (primary N) is 1. The minimum Gasteiger partial charge on any atom is -0.384 e. The summed E-state index contributed by atoms with van der Waals surface area (Å²) in [6.45, 7) is 1.08. The average molecular weight is 204 g/mol. The summed E-state index contributed by atoms with van der Waals surface area (Å²) in [5.74, 6) is 1.87. The highest BCUT2D eigenvalue weighted by molar-refractivity contribution is 5.94. The van der Waals surface area contributed by atoms with Crippen LogP contribution in [0.5, 0.6) is 0 Å². The summed E-state index contributed by atoms with van der Waals surface area (Å²) in [5.41, 5.74) is 6.04. The van der Waals surface area contributed by atoms with Crippen LogP contribution < -0.4 is 10.6 Å². The molecule has 4 heteroatoms. The lowest BCUT2D eigenvalue weighted by Gasteiger charge is -2.17. The van der Waals surface area contributed by atoms with Gasteiger partial charge in [0.1, 0.15) is 11.7 Å². The van der Waals surface area contributed by atoms with Crippen LogP contribution in [0.4, 0.5) is 5.82 Å². The quantitative estimate of drug-likeness (QED) is 0.572. The maximum Gasteiger partial charge on any atom is 0.128 e. The first kappa shape index (κ1) is 9.96. The number of hydrogen-bond acceptors (Lipinski definition) is 3. The third kappa shape index (κ3) is 2.46. The minimum atomic E-state index is 0.0684. The lowest BCUT2D eigenvalue weighted by atomic mass is 10.2. The van der Waals surface area contributed by atoms with E-state index in [1.165, 1.54) is 12.8 Å². The molecule has 0 bridgehead atoms. The fraction of sp³-hybridized carbons (Fsp3) is 0.455. The number of pyridine rings is 1. The van der Waals surface area contributed by atoms with E-state index in [4.69, 9.17) is 11.1 Å². The highest BCUT2D eigenvalue weighted by Gasteiger charge is 2.23. The van der Waals surface area contributed by atoms with Gasteiger partial charge in [0.15, 0.2) is 0 Å². The van der Waals surface area contributed by atoms with Gasteiger partial charge in [0, 0.05) is 25.4 Å². The van der Waals surface area contributed by atoms with Gasteiger partial charge in [-0.05, 0) is 30.9 Å². The molecule has 80 valence electrons. The molecular formula is C11H16N4. The summed E-state index contributed by atoms with van der Waals surface area (Å²) in [4.78, 5) is 6.44. The third-order valence-corrected chi connectivity index (χ3v) is 2.68. The second-order valence-corrected chi connectivity index (χ2v) is 4.14. The number of aromatic nitrogens is 1. The third-order valence-electron chi connectivity index (χ3n) is 2.68. The van der Waals surface area contributed by atoms with Gasteiger partial charge in [-0.25, -0.2) is 4.98 Å². The van der Waals surface area contributed by atoms with Gasteiger partial charge in [0.2, 0.25) is 0 Å². The SMILES string of the molecule is CN(CC1CC1)c1ccc(C(=N)N)cn1. The number of nitrogens with one attached hydrogen (secondary N) is 1. The fourth-order valence-electron chi connectivity index (χ4n) is 1.55. The van der Waals surface area contributed by atoms with Crippen molar-refractivity contribution in [1.82, 2.24) is 4.98 Å². The van der Waals surface area contributed by atoms with E-state index in [9.17, 15) is 0 Å². The Bertz CT molecular complexity index is 353. The van der Waals surface area contributed by atoms with Crippen molar-refractivity contribution >= 4 is 11.7 Å². The van der Waals surface area contributed by atoms with Crippen molar-refractivity contribution in [2.45, 2.75) is 12.8 Å². The number of anilines is 1. The Balaban J connectivity index is 2.04. The summed E-state index contributed by atoms with van der Waals surface area (Å²) in [5, 5.41) is 7.26. The highest BCUT2D eigenvalue weighted by Crippen LogP contribution is 2.30. The van der Waals surface area contributed by atoms with Crippen molar-refractivity contribution in [3.05, 3.63) is 23.9 Å². The van der Waals surface area contributed by atoms with Crippen LogP contribution in [0, 0.1) is 11.3 Å². The molecule has 3 N–H and O–H groups in total. The molecule has 1 saturated carbocycles. The van der Waals surface area contributed by atoms with Crippen molar-refractivity contribution in [3.63, 3.8) is 0 Å². The molecule has 0 radical (unpaired) electrons. The zero-order valence-corrected chi connectivity index (χ0v) is 8.90. The summed E-state index contributed by atoms with van der Waals surface area (Å²) >= 11 is 0. The lowest BCUT2D eigenvalue weighted by molar-refractivity contribution is 0.777. The van der Waals surface area contributed by atoms with E-state index in [0.29, 0.717) is 5.56 Å². The van der Waals surface area contributed by atoms with Crippen molar-refractivity contribution in [3.8, 4) is 0 Å². The van der Waals surface area contributed by atoms with Gasteiger partial charge in [0.25, 0.3) is 0 Å². The monoisotopic (exact) mass is 204 g/mol. The predicted octanol–water partition coefficient (Wildman–Crippen LogP) is 1.21. The van der Waals surface area contributed by atoms with Gasteiger partial charge in [-0.2, -0.15) is 0 Å². The van der Waals surface area contributed by atoms with Crippen LogP contribution in [0.15, 0.2) is 18.3 Å². The smallest absolute Gasteiger partial charge is 0.128 e. The Morgan fingerprint density at radius 1 is 1.60 bits per heavy atom. The molecule has 2 rings (SSSR count). The number of nitrogens with zero attached hydrogens (tertiary/aromatic N) is 2. The molecule has 1 aromatic heterocycles. The maximum absolute atomic E-state index is 7.26. The molecule has 0 aromatic carbocycles. The Kier molecular flexibility index (Phi) is 2.58. The molecule has 1 aromatic rings. The first-order chi connectivity index (χ1) is 7.16. The van der Waals surface area contributed by atoms with Crippen molar-refractivity contribution in [2.24, 2.45) is 11.7 Å². The molecular weight excluding hydrogens is 188 g/mol. The zero-order chi connectivity index (χ0) is 10.8. The van der Waals surface area contributed by atoms with Crippen molar-refractivity contribution in [1.29, 1.82) is 5.41 Å². The van der Waals surface area contributed by atoms with Gasteiger partial charge >= 0.3 is 0 Å². The Morgan fingerprint density at radius 2 is 2.33 bits per heavy atom. The lowest BCUT2D eigenvalue weighted by Crippen LogP contribution is -2.21. The standard InChI is InChI=1S/C11H16N4/c1-15(7-8-2-3-8)10-5-4-9(6-14-10)11(12)13/h4-6,8H,2-3,7H2,1H3,(H3,12,13). The largest absolute Gasteiger partial charge is 0.384 e. The van der Waals surface area contributed by atoms with Gasteiger partial charge in [-0.1, -0.05) is 0 Å². The molecule has 0 spiro atoms. The Labute approximate surface area is 89.6 Å².